The molecular formula is C19H24N4O3S. The van der Waals surface area contributed by atoms with Crippen molar-refractivity contribution < 1.29 is 13.2 Å². The summed E-state index contributed by atoms with van der Waals surface area (Å²) in [5.41, 5.74) is 1.48. The lowest BCUT2D eigenvalue weighted by Crippen LogP contribution is -2.51. The van der Waals surface area contributed by atoms with Crippen molar-refractivity contribution in [1.82, 2.24) is 14.6 Å². The first-order valence-electron chi connectivity index (χ1n) is 8.68. The van der Waals surface area contributed by atoms with Crippen LogP contribution in [0.2, 0.25) is 0 Å². The van der Waals surface area contributed by atoms with Crippen LogP contribution in [0.4, 0.5) is 11.5 Å². The molecule has 0 saturated carbocycles. The van der Waals surface area contributed by atoms with Gasteiger partial charge in [0.25, 0.3) is 0 Å². The molecule has 0 spiro atoms. The molecule has 1 aliphatic heterocycles. The van der Waals surface area contributed by atoms with E-state index in [0.717, 1.165) is 11.3 Å². The van der Waals surface area contributed by atoms with Crippen molar-refractivity contribution in [1.29, 1.82) is 0 Å². The van der Waals surface area contributed by atoms with E-state index in [4.69, 9.17) is 0 Å². The summed E-state index contributed by atoms with van der Waals surface area (Å²) in [6.45, 7) is 7.32. The fourth-order valence-electron chi connectivity index (χ4n) is 2.91. The van der Waals surface area contributed by atoms with Gasteiger partial charge in [-0.3, -0.25) is 4.79 Å². The quantitative estimate of drug-likeness (QED) is 0.873. The normalized spacial score (nSPS) is 16.7. The van der Waals surface area contributed by atoms with E-state index in [2.05, 4.69) is 10.3 Å². The van der Waals surface area contributed by atoms with Crippen molar-refractivity contribution in [2.45, 2.75) is 38.1 Å². The molecule has 1 aliphatic rings. The highest BCUT2D eigenvalue weighted by molar-refractivity contribution is 7.89. The third-order valence-electron chi connectivity index (χ3n) is 4.10. The number of amides is 1. The van der Waals surface area contributed by atoms with Gasteiger partial charge in [0.15, 0.2) is 5.82 Å². The maximum absolute atomic E-state index is 13.0. The van der Waals surface area contributed by atoms with Crippen LogP contribution in [0.25, 0.3) is 0 Å². The van der Waals surface area contributed by atoms with Gasteiger partial charge in [0, 0.05) is 17.4 Å². The van der Waals surface area contributed by atoms with E-state index in [-0.39, 0.29) is 24.0 Å². The molecule has 27 heavy (non-hydrogen) atoms. The number of pyridine rings is 1. The van der Waals surface area contributed by atoms with Crippen molar-refractivity contribution in [2.75, 3.05) is 18.1 Å². The molecule has 7 nitrogen and oxygen atoms in total. The Kier molecular flexibility index (Phi) is 4.96. The van der Waals surface area contributed by atoms with Crippen LogP contribution in [-0.2, 0) is 14.8 Å². The minimum absolute atomic E-state index is 0.0208. The first kappa shape index (κ1) is 19.3. The number of benzene rings is 1. The SMILES string of the molecule is Cc1ccc(N2CN(CC(=O)NC(C)(C)C)S(=O)(=O)c3cccnc32)cc1. The fourth-order valence-corrected chi connectivity index (χ4v) is 4.38. The van der Waals surface area contributed by atoms with Gasteiger partial charge in [0.2, 0.25) is 15.9 Å². The predicted octanol–water partition coefficient (Wildman–Crippen LogP) is 2.40. The van der Waals surface area contributed by atoms with Gasteiger partial charge in [0.1, 0.15) is 4.90 Å². The minimum Gasteiger partial charge on any atom is -0.350 e. The van der Waals surface area contributed by atoms with Crippen LogP contribution in [-0.4, -0.2) is 42.4 Å². The van der Waals surface area contributed by atoms with Gasteiger partial charge in [-0.2, -0.15) is 4.31 Å². The number of rotatable bonds is 3. The Labute approximate surface area is 160 Å². The van der Waals surface area contributed by atoms with Gasteiger partial charge in [-0.15, -0.1) is 0 Å². The third kappa shape index (κ3) is 4.12. The Bertz CT molecular complexity index is 950. The number of aromatic nitrogens is 1. The Balaban J connectivity index is 1.99. The Hall–Kier alpha value is -2.45. The molecule has 8 heteroatoms. The van der Waals surface area contributed by atoms with Crippen LogP contribution in [0.15, 0.2) is 47.5 Å². The van der Waals surface area contributed by atoms with Crippen molar-refractivity contribution in [3.63, 3.8) is 0 Å². The molecule has 1 N–H and O–H groups in total. The lowest BCUT2D eigenvalue weighted by molar-refractivity contribution is -0.122. The molecule has 0 saturated heterocycles. The van der Waals surface area contributed by atoms with Gasteiger partial charge in [-0.1, -0.05) is 17.7 Å². The number of sulfonamides is 1. The third-order valence-corrected chi connectivity index (χ3v) is 5.90. The molecule has 144 valence electrons. The van der Waals surface area contributed by atoms with E-state index < -0.39 is 15.6 Å². The lowest BCUT2D eigenvalue weighted by Gasteiger charge is -2.36. The lowest BCUT2D eigenvalue weighted by atomic mass is 10.1. The van der Waals surface area contributed by atoms with Crippen LogP contribution >= 0.6 is 0 Å². The first-order chi connectivity index (χ1) is 12.6. The maximum atomic E-state index is 13.0. The summed E-state index contributed by atoms with van der Waals surface area (Å²) in [6, 6.07) is 10.8. The molecule has 0 unspecified atom stereocenters. The van der Waals surface area contributed by atoms with Crippen LogP contribution in [0.1, 0.15) is 26.3 Å². The zero-order valence-electron chi connectivity index (χ0n) is 15.9. The number of hydrogen-bond donors (Lipinski definition) is 1. The van der Waals surface area contributed by atoms with Crippen LogP contribution < -0.4 is 10.2 Å². The molecule has 2 aromatic rings. The second-order valence-electron chi connectivity index (χ2n) is 7.64. The van der Waals surface area contributed by atoms with Crippen LogP contribution in [0, 0.1) is 6.92 Å². The largest absolute Gasteiger partial charge is 0.350 e. The number of nitrogens with zero attached hydrogens (tertiary/aromatic N) is 3. The maximum Gasteiger partial charge on any atom is 0.248 e. The summed E-state index contributed by atoms with van der Waals surface area (Å²) in [5, 5.41) is 2.81. The second-order valence-corrected chi connectivity index (χ2v) is 9.55. The van der Waals surface area contributed by atoms with Crippen molar-refractivity contribution in [3.8, 4) is 0 Å². The highest BCUT2D eigenvalue weighted by Crippen LogP contribution is 2.35. The molecule has 2 heterocycles. The molecule has 0 radical (unpaired) electrons. The number of nitrogens with one attached hydrogen (secondary N) is 1. The number of aryl methyl sites for hydroxylation is 1. The van der Waals surface area contributed by atoms with Crippen molar-refractivity contribution in [2.24, 2.45) is 0 Å². The minimum atomic E-state index is -3.81. The molecule has 3 rings (SSSR count). The molecule has 0 aliphatic carbocycles. The number of hydrogen-bond acceptors (Lipinski definition) is 5. The predicted molar refractivity (Wildman–Crippen MR) is 104 cm³/mol. The van der Waals surface area contributed by atoms with Gasteiger partial charge in [-0.05, 0) is 52.0 Å². The summed E-state index contributed by atoms with van der Waals surface area (Å²) in [7, 11) is -3.81. The summed E-state index contributed by atoms with van der Waals surface area (Å²) >= 11 is 0. The Morgan fingerprint density at radius 3 is 2.48 bits per heavy atom. The van der Waals surface area contributed by atoms with E-state index in [0.29, 0.717) is 5.82 Å². The van der Waals surface area contributed by atoms with Gasteiger partial charge in [0.05, 0.1) is 13.2 Å². The zero-order chi connectivity index (χ0) is 19.8. The number of carbonyl (C=O) groups is 1. The van der Waals surface area contributed by atoms with E-state index in [1.807, 2.05) is 52.0 Å². The molecule has 0 atom stereocenters. The monoisotopic (exact) mass is 388 g/mol. The van der Waals surface area contributed by atoms with Crippen molar-refractivity contribution in [3.05, 3.63) is 48.2 Å². The van der Waals surface area contributed by atoms with E-state index in [1.165, 1.54) is 10.4 Å². The van der Waals surface area contributed by atoms with E-state index in [1.54, 1.807) is 17.2 Å². The average molecular weight is 388 g/mol. The van der Waals surface area contributed by atoms with Gasteiger partial charge >= 0.3 is 0 Å². The zero-order valence-corrected chi connectivity index (χ0v) is 16.7. The summed E-state index contributed by atoms with van der Waals surface area (Å²) in [4.78, 5) is 18.6. The van der Waals surface area contributed by atoms with Gasteiger partial charge < -0.3 is 10.2 Å². The number of anilines is 2. The Morgan fingerprint density at radius 1 is 1.19 bits per heavy atom. The molecule has 1 amide bonds. The van der Waals surface area contributed by atoms with Crippen LogP contribution in [0.3, 0.4) is 0 Å². The standard InChI is InChI=1S/C19H24N4O3S/c1-14-7-9-15(10-8-14)23-13-22(12-17(24)21-19(2,3)4)27(25,26)16-6-5-11-20-18(16)23/h5-11H,12-13H2,1-4H3,(H,21,24). The molecule has 1 aromatic carbocycles. The summed E-state index contributed by atoms with van der Waals surface area (Å²) < 4.78 is 27.2. The molecule has 0 bridgehead atoms. The molecular weight excluding hydrogens is 364 g/mol. The van der Waals surface area contributed by atoms with Crippen molar-refractivity contribution >= 4 is 27.4 Å². The van der Waals surface area contributed by atoms with E-state index >= 15 is 0 Å². The topological polar surface area (TPSA) is 82.6 Å². The van der Waals surface area contributed by atoms with E-state index in [9.17, 15) is 13.2 Å². The number of fused-ring (bicyclic) bond motifs is 1. The Morgan fingerprint density at radius 2 is 1.85 bits per heavy atom. The fraction of sp³-hybridized carbons (Fsp3) is 0.368. The average Bonchev–Trinajstić information content (AvgIpc) is 2.57. The summed E-state index contributed by atoms with van der Waals surface area (Å²) in [6.07, 6.45) is 1.57. The highest BCUT2D eigenvalue weighted by atomic mass is 32.2. The van der Waals surface area contributed by atoms with Crippen LogP contribution in [0.5, 0.6) is 0 Å². The summed E-state index contributed by atoms with van der Waals surface area (Å²) in [5.74, 6) is 0.0242. The first-order valence-corrected chi connectivity index (χ1v) is 10.1. The highest BCUT2D eigenvalue weighted by Gasteiger charge is 2.38. The molecule has 1 aromatic heterocycles. The smallest absolute Gasteiger partial charge is 0.248 e. The second kappa shape index (κ2) is 6.94. The van der Waals surface area contributed by atoms with Gasteiger partial charge in [-0.25, -0.2) is 13.4 Å². The number of carbonyl (C=O) groups excluding carboxylic acids is 1. The molecule has 0 fully saturated rings.